The summed E-state index contributed by atoms with van der Waals surface area (Å²) in [6.45, 7) is 3.55. The Morgan fingerprint density at radius 3 is 2.39 bits per heavy atom. The number of hydrogen-bond acceptors (Lipinski definition) is 4. The van der Waals surface area contributed by atoms with Gasteiger partial charge < -0.3 is 4.90 Å². The first kappa shape index (κ1) is 19.0. The molecule has 0 bridgehead atoms. The van der Waals surface area contributed by atoms with Crippen LogP contribution in [0.15, 0.2) is 53.4 Å². The number of thiophene rings is 1. The molecule has 0 saturated carbocycles. The fourth-order valence-corrected chi connectivity index (χ4v) is 5.61. The van der Waals surface area contributed by atoms with Crippen LogP contribution >= 0.6 is 11.3 Å². The normalized spacial score (nSPS) is 14.6. The van der Waals surface area contributed by atoms with Crippen LogP contribution in [-0.4, -0.2) is 39.4 Å². The van der Waals surface area contributed by atoms with Gasteiger partial charge in [0.1, 0.15) is 0 Å². The Hall–Kier alpha value is -2.38. The number of sulfonamides is 1. The van der Waals surface area contributed by atoms with Crippen molar-refractivity contribution in [1.82, 2.24) is 4.90 Å². The van der Waals surface area contributed by atoms with E-state index in [0.717, 1.165) is 41.6 Å². The molecule has 1 fully saturated rings. The van der Waals surface area contributed by atoms with Crippen molar-refractivity contribution in [2.24, 2.45) is 0 Å². The Balaban J connectivity index is 1.65. The molecule has 1 aromatic heterocycles. The Bertz CT molecular complexity index is 1130. The third kappa shape index (κ3) is 3.40. The zero-order valence-corrected chi connectivity index (χ0v) is 17.5. The SMILES string of the molecule is Cc1ccc(S(=O)(=O)N(C)c2ccc3sc(C(=O)N4CCCC4)cc3c2)cc1. The highest BCUT2D eigenvalue weighted by Crippen LogP contribution is 2.32. The Labute approximate surface area is 169 Å². The molecular formula is C21H22N2O3S2. The van der Waals surface area contributed by atoms with Gasteiger partial charge in [0.25, 0.3) is 15.9 Å². The lowest BCUT2D eigenvalue weighted by Crippen LogP contribution is -2.26. The number of carbonyl (C=O) groups is 1. The topological polar surface area (TPSA) is 57.7 Å². The number of nitrogens with zero attached hydrogens (tertiary/aromatic N) is 2. The van der Waals surface area contributed by atoms with Crippen molar-refractivity contribution >= 4 is 43.0 Å². The highest BCUT2D eigenvalue weighted by atomic mass is 32.2. The van der Waals surface area contributed by atoms with Crippen LogP contribution in [0.2, 0.25) is 0 Å². The lowest BCUT2D eigenvalue weighted by atomic mass is 10.2. The zero-order valence-electron chi connectivity index (χ0n) is 15.9. The van der Waals surface area contributed by atoms with Crippen LogP contribution in [0.25, 0.3) is 10.1 Å². The van der Waals surface area contributed by atoms with Crippen LogP contribution in [0.5, 0.6) is 0 Å². The summed E-state index contributed by atoms with van der Waals surface area (Å²) in [6, 6.07) is 14.2. The molecule has 0 N–H and O–H groups in total. The van der Waals surface area contributed by atoms with Gasteiger partial charge in [0.15, 0.2) is 0 Å². The van der Waals surface area contributed by atoms with Crippen molar-refractivity contribution in [2.75, 3.05) is 24.4 Å². The third-order valence-corrected chi connectivity index (χ3v) is 8.05. The minimum atomic E-state index is -3.64. The molecule has 7 heteroatoms. The first-order valence-electron chi connectivity index (χ1n) is 9.25. The van der Waals surface area contributed by atoms with Gasteiger partial charge in [0.2, 0.25) is 0 Å². The standard InChI is InChI=1S/C21H22N2O3S2/c1-15-5-8-18(9-6-15)28(25,26)22(2)17-7-10-19-16(13-17)14-20(27-19)21(24)23-11-3-4-12-23/h5-10,13-14H,3-4,11-12H2,1-2H3. The van der Waals surface area contributed by atoms with E-state index in [0.29, 0.717) is 10.6 Å². The molecule has 0 spiro atoms. The monoisotopic (exact) mass is 414 g/mol. The fourth-order valence-electron chi connectivity index (χ4n) is 3.42. The van der Waals surface area contributed by atoms with Crippen molar-refractivity contribution in [2.45, 2.75) is 24.7 Å². The molecule has 2 aromatic carbocycles. The van der Waals surface area contributed by atoms with Gasteiger partial charge >= 0.3 is 0 Å². The second-order valence-corrected chi connectivity index (χ2v) is 10.2. The first-order chi connectivity index (χ1) is 13.4. The number of fused-ring (bicyclic) bond motifs is 1. The summed E-state index contributed by atoms with van der Waals surface area (Å²) >= 11 is 1.46. The lowest BCUT2D eigenvalue weighted by Gasteiger charge is -2.19. The molecule has 3 aromatic rings. The summed E-state index contributed by atoms with van der Waals surface area (Å²) in [4.78, 5) is 15.5. The number of carbonyl (C=O) groups excluding carboxylic acids is 1. The van der Waals surface area contributed by atoms with E-state index < -0.39 is 10.0 Å². The molecular weight excluding hydrogens is 392 g/mol. The summed E-state index contributed by atoms with van der Waals surface area (Å²) in [5.74, 6) is 0.0703. The summed E-state index contributed by atoms with van der Waals surface area (Å²) in [5.41, 5.74) is 1.59. The summed E-state index contributed by atoms with van der Waals surface area (Å²) < 4.78 is 28.1. The molecule has 28 heavy (non-hydrogen) atoms. The predicted molar refractivity (Wildman–Crippen MR) is 114 cm³/mol. The number of anilines is 1. The quantitative estimate of drug-likeness (QED) is 0.641. The average molecular weight is 415 g/mol. The van der Waals surface area contributed by atoms with E-state index in [1.807, 2.05) is 30.0 Å². The van der Waals surface area contributed by atoms with Crippen LogP contribution in [0.3, 0.4) is 0 Å². The minimum Gasteiger partial charge on any atom is -0.338 e. The Morgan fingerprint density at radius 2 is 1.71 bits per heavy atom. The van der Waals surface area contributed by atoms with Gasteiger partial charge in [-0.2, -0.15) is 0 Å². The Kier molecular flexibility index (Phi) is 4.89. The molecule has 4 rings (SSSR count). The second-order valence-electron chi connectivity index (χ2n) is 7.12. The molecule has 1 saturated heterocycles. The molecule has 0 atom stereocenters. The molecule has 0 unspecified atom stereocenters. The van der Waals surface area contributed by atoms with Gasteiger partial charge in [-0.3, -0.25) is 9.10 Å². The molecule has 0 aliphatic carbocycles. The molecule has 5 nitrogen and oxygen atoms in total. The maximum Gasteiger partial charge on any atom is 0.264 e. The zero-order chi connectivity index (χ0) is 19.9. The molecule has 0 radical (unpaired) electrons. The van der Waals surface area contributed by atoms with E-state index in [-0.39, 0.29) is 10.8 Å². The Morgan fingerprint density at radius 1 is 1.04 bits per heavy atom. The second kappa shape index (κ2) is 7.22. The minimum absolute atomic E-state index is 0.0703. The number of benzene rings is 2. The smallest absolute Gasteiger partial charge is 0.264 e. The maximum atomic E-state index is 12.9. The summed E-state index contributed by atoms with van der Waals surface area (Å²) in [7, 11) is -2.08. The van der Waals surface area contributed by atoms with Gasteiger partial charge in [-0.05, 0) is 61.5 Å². The number of rotatable bonds is 4. The number of likely N-dealkylation sites (tertiary alicyclic amines) is 1. The number of hydrogen-bond donors (Lipinski definition) is 0. The van der Waals surface area contributed by atoms with Crippen molar-refractivity contribution in [3.63, 3.8) is 0 Å². The van der Waals surface area contributed by atoms with Crippen molar-refractivity contribution in [3.05, 3.63) is 59.0 Å². The largest absolute Gasteiger partial charge is 0.338 e. The van der Waals surface area contributed by atoms with E-state index >= 15 is 0 Å². The van der Waals surface area contributed by atoms with E-state index in [1.165, 1.54) is 15.6 Å². The lowest BCUT2D eigenvalue weighted by molar-refractivity contribution is 0.0797. The molecule has 146 valence electrons. The molecule has 1 aliphatic heterocycles. The summed E-state index contributed by atoms with van der Waals surface area (Å²) in [6.07, 6.45) is 2.12. The van der Waals surface area contributed by atoms with Crippen molar-refractivity contribution in [3.8, 4) is 0 Å². The van der Waals surface area contributed by atoms with Gasteiger partial charge in [-0.1, -0.05) is 17.7 Å². The van der Waals surface area contributed by atoms with E-state index in [1.54, 1.807) is 37.4 Å². The van der Waals surface area contributed by atoms with Crippen LogP contribution in [-0.2, 0) is 10.0 Å². The highest BCUT2D eigenvalue weighted by Gasteiger charge is 2.23. The van der Waals surface area contributed by atoms with Crippen molar-refractivity contribution in [1.29, 1.82) is 0 Å². The third-order valence-electron chi connectivity index (χ3n) is 5.15. The molecule has 1 aliphatic rings. The number of amides is 1. The van der Waals surface area contributed by atoms with Gasteiger partial charge in [0, 0.05) is 24.8 Å². The predicted octanol–water partition coefficient (Wildman–Crippen LogP) is 4.27. The van der Waals surface area contributed by atoms with Crippen LogP contribution in [0.4, 0.5) is 5.69 Å². The van der Waals surface area contributed by atoms with Gasteiger partial charge in [-0.15, -0.1) is 11.3 Å². The molecule has 2 heterocycles. The van der Waals surface area contributed by atoms with E-state index in [9.17, 15) is 13.2 Å². The van der Waals surface area contributed by atoms with Crippen molar-refractivity contribution < 1.29 is 13.2 Å². The number of aryl methyl sites for hydroxylation is 1. The van der Waals surface area contributed by atoms with Crippen LogP contribution < -0.4 is 4.31 Å². The highest BCUT2D eigenvalue weighted by molar-refractivity contribution is 7.92. The average Bonchev–Trinajstić information content (AvgIpc) is 3.36. The fraction of sp³-hybridized carbons (Fsp3) is 0.286. The first-order valence-corrected chi connectivity index (χ1v) is 11.5. The van der Waals surface area contributed by atoms with Crippen LogP contribution in [0.1, 0.15) is 28.1 Å². The van der Waals surface area contributed by atoms with Gasteiger partial charge in [-0.25, -0.2) is 8.42 Å². The van der Waals surface area contributed by atoms with E-state index in [2.05, 4.69) is 0 Å². The molecule has 1 amide bonds. The van der Waals surface area contributed by atoms with Crippen LogP contribution in [0, 0.1) is 6.92 Å². The maximum absolute atomic E-state index is 12.9. The van der Waals surface area contributed by atoms with Gasteiger partial charge in [0.05, 0.1) is 15.5 Å². The summed E-state index contributed by atoms with van der Waals surface area (Å²) in [5, 5.41) is 0.885. The van der Waals surface area contributed by atoms with E-state index in [4.69, 9.17) is 0 Å².